The molecular formula is C19H23Cl2N3O. The third kappa shape index (κ3) is 4.09. The van der Waals surface area contributed by atoms with Gasteiger partial charge in [-0.1, -0.05) is 49.2 Å². The Hall–Kier alpha value is -1.75. The zero-order chi connectivity index (χ0) is 17.1. The number of hydrogen-bond donors (Lipinski definition) is 2. The molecule has 1 aromatic heterocycles. The molecule has 2 N–H and O–H groups in total. The van der Waals surface area contributed by atoms with E-state index in [0.717, 1.165) is 36.0 Å². The van der Waals surface area contributed by atoms with Crippen LogP contribution in [-0.4, -0.2) is 14.2 Å². The van der Waals surface area contributed by atoms with Crippen molar-refractivity contribution in [3.63, 3.8) is 0 Å². The highest BCUT2D eigenvalue weighted by Gasteiger charge is 2.14. The number of aromatic nitrogens is 2. The van der Waals surface area contributed by atoms with Gasteiger partial charge in [-0.05, 0) is 36.2 Å². The van der Waals surface area contributed by atoms with Crippen LogP contribution < -0.4 is 5.62 Å². The summed E-state index contributed by atoms with van der Waals surface area (Å²) in [5, 5.41) is 19.8. The maximum absolute atomic E-state index is 10.6. The molecule has 0 aliphatic heterocycles. The third-order valence-electron chi connectivity index (χ3n) is 4.32. The van der Waals surface area contributed by atoms with Gasteiger partial charge < -0.3 is 14.2 Å². The molecule has 4 nitrogen and oxygen atoms in total. The maximum atomic E-state index is 10.6. The quantitative estimate of drug-likeness (QED) is 0.649. The first-order valence-corrected chi connectivity index (χ1v) is 8.65. The second-order valence-corrected chi connectivity index (χ2v) is 6.43. The highest BCUT2D eigenvalue weighted by atomic mass is 35.5. The van der Waals surface area contributed by atoms with E-state index in [9.17, 15) is 5.11 Å². The number of aliphatic hydroxyl groups is 1. The van der Waals surface area contributed by atoms with Crippen LogP contribution in [0.2, 0.25) is 5.02 Å². The number of imidazole rings is 1. The van der Waals surface area contributed by atoms with E-state index in [-0.39, 0.29) is 12.4 Å². The van der Waals surface area contributed by atoms with Gasteiger partial charge in [0.25, 0.3) is 0 Å². The van der Waals surface area contributed by atoms with Crippen molar-refractivity contribution >= 4 is 35.0 Å². The molecule has 134 valence electrons. The van der Waals surface area contributed by atoms with Crippen LogP contribution in [0.25, 0.3) is 11.0 Å². The summed E-state index contributed by atoms with van der Waals surface area (Å²) in [6.45, 7) is 3.31. The normalized spacial score (nSPS) is 12.1. The van der Waals surface area contributed by atoms with Gasteiger partial charge in [0.1, 0.15) is 0 Å². The van der Waals surface area contributed by atoms with Crippen LogP contribution in [0.5, 0.6) is 0 Å². The van der Waals surface area contributed by atoms with Gasteiger partial charge in [-0.25, -0.2) is 0 Å². The smallest absolute Gasteiger partial charge is 0.203 e. The van der Waals surface area contributed by atoms with Crippen molar-refractivity contribution in [2.75, 3.05) is 0 Å². The van der Waals surface area contributed by atoms with E-state index in [1.54, 1.807) is 12.1 Å². The molecule has 1 unspecified atom stereocenters. The molecule has 3 rings (SSSR count). The number of rotatable bonds is 6. The number of hydrogen-bond acceptors (Lipinski definition) is 2. The lowest BCUT2D eigenvalue weighted by Gasteiger charge is -2.13. The summed E-state index contributed by atoms with van der Waals surface area (Å²) in [5.41, 5.74) is 3.25. The van der Waals surface area contributed by atoms with E-state index < -0.39 is 6.10 Å². The molecule has 1 heterocycles. The fourth-order valence-corrected chi connectivity index (χ4v) is 3.11. The molecule has 0 bridgehead atoms. The summed E-state index contributed by atoms with van der Waals surface area (Å²) < 4.78 is 3.90. The van der Waals surface area contributed by atoms with Crippen LogP contribution in [0.4, 0.5) is 0 Å². The molecule has 0 fully saturated rings. The minimum Gasteiger partial charge on any atom is -0.387 e. The van der Waals surface area contributed by atoms with Crippen molar-refractivity contribution in [3.8, 4) is 0 Å². The lowest BCUT2D eigenvalue weighted by atomic mass is 10.1. The lowest BCUT2D eigenvalue weighted by Crippen LogP contribution is -2.26. The standard InChI is InChI=1S/C19H22ClN3O.ClH/c1-2-3-12-22-16-6-4-5-7-17(16)23(19(22)21)13-18(24)14-8-10-15(20)11-9-14;/h4-11,18,21,24H,2-3,12-13H2,1H3;1H. The van der Waals surface area contributed by atoms with Gasteiger partial charge >= 0.3 is 0 Å². The summed E-state index contributed by atoms with van der Waals surface area (Å²) in [4.78, 5) is 0. The molecule has 0 radical (unpaired) electrons. The summed E-state index contributed by atoms with van der Waals surface area (Å²) in [7, 11) is 0. The number of benzene rings is 2. The van der Waals surface area contributed by atoms with Gasteiger partial charge in [0, 0.05) is 11.6 Å². The number of unbranched alkanes of at least 4 members (excludes halogenated alkanes) is 1. The zero-order valence-electron chi connectivity index (χ0n) is 14.2. The average Bonchev–Trinajstić information content (AvgIpc) is 2.85. The molecule has 0 amide bonds. The number of para-hydroxylation sites is 2. The Bertz CT molecular complexity index is 884. The Labute approximate surface area is 158 Å². The minimum atomic E-state index is -0.679. The Morgan fingerprint density at radius 3 is 2.24 bits per heavy atom. The van der Waals surface area contributed by atoms with Crippen molar-refractivity contribution in [3.05, 3.63) is 64.7 Å². The van der Waals surface area contributed by atoms with Gasteiger partial charge in [0.15, 0.2) is 0 Å². The molecule has 3 aromatic rings. The van der Waals surface area contributed by atoms with E-state index >= 15 is 0 Å². The molecule has 0 aliphatic rings. The number of halogens is 2. The average molecular weight is 380 g/mol. The first-order chi connectivity index (χ1) is 11.6. The van der Waals surface area contributed by atoms with Crippen molar-refractivity contribution in [2.24, 2.45) is 0 Å². The predicted molar refractivity (Wildman–Crippen MR) is 104 cm³/mol. The molecule has 6 heteroatoms. The Morgan fingerprint density at radius 1 is 1.04 bits per heavy atom. The molecule has 0 saturated carbocycles. The van der Waals surface area contributed by atoms with Crippen LogP contribution in [0.15, 0.2) is 48.5 Å². The molecule has 0 saturated heterocycles. The number of aryl methyl sites for hydroxylation is 1. The number of nitrogens with zero attached hydrogens (tertiary/aromatic N) is 2. The van der Waals surface area contributed by atoms with E-state index in [2.05, 4.69) is 6.92 Å². The van der Waals surface area contributed by atoms with E-state index in [4.69, 9.17) is 17.0 Å². The topological polar surface area (TPSA) is 53.9 Å². The van der Waals surface area contributed by atoms with Crippen LogP contribution >= 0.6 is 24.0 Å². The van der Waals surface area contributed by atoms with Gasteiger partial charge in [-0.3, -0.25) is 5.41 Å². The third-order valence-corrected chi connectivity index (χ3v) is 4.57. The summed E-state index contributed by atoms with van der Waals surface area (Å²) >= 11 is 5.91. The van der Waals surface area contributed by atoms with Gasteiger partial charge in [0.05, 0.1) is 23.7 Å². The minimum absolute atomic E-state index is 0. The summed E-state index contributed by atoms with van der Waals surface area (Å²) in [5.74, 6) is 0. The Morgan fingerprint density at radius 2 is 1.64 bits per heavy atom. The maximum Gasteiger partial charge on any atom is 0.203 e. The number of fused-ring (bicyclic) bond motifs is 1. The Balaban J connectivity index is 0.00000225. The van der Waals surface area contributed by atoms with E-state index in [1.165, 1.54) is 0 Å². The first kappa shape index (κ1) is 19.6. The summed E-state index contributed by atoms with van der Waals surface area (Å²) in [6.07, 6.45) is 1.44. The molecule has 0 aliphatic carbocycles. The SMILES string of the molecule is CCCCn1c(=N)n(CC(O)c2ccc(Cl)cc2)c2ccccc21.Cl. The molecule has 25 heavy (non-hydrogen) atoms. The number of nitrogens with one attached hydrogen (secondary N) is 1. The molecule has 2 aromatic carbocycles. The summed E-state index contributed by atoms with van der Waals surface area (Å²) in [6, 6.07) is 15.2. The second kappa shape index (κ2) is 8.56. The fourth-order valence-electron chi connectivity index (χ4n) is 2.99. The largest absolute Gasteiger partial charge is 0.387 e. The lowest BCUT2D eigenvalue weighted by molar-refractivity contribution is 0.155. The molecule has 1 atom stereocenters. The second-order valence-electron chi connectivity index (χ2n) is 6.00. The number of aliphatic hydroxyl groups excluding tert-OH is 1. The monoisotopic (exact) mass is 379 g/mol. The highest BCUT2D eigenvalue weighted by molar-refractivity contribution is 6.30. The Kier molecular flexibility index (Phi) is 6.71. The van der Waals surface area contributed by atoms with Crippen molar-refractivity contribution in [1.82, 2.24) is 9.13 Å². The van der Waals surface area contributed by atoms with Gasteiger partial charge in [0.2, 0.25) is 5.62 Å². The van der Waals surface area contributed by atoms with Crippen LogP contribution in [-0.2, 0) is 13.1 Å². The first-order valence-electron chi connectivity index (χ1n) is 8.28. The van der Waals surface area contributed by atoms with Crippen molar-refractivity contribution < 1.29 is 5.11 Å². The fraction of sp³-hybridized carbons (Fsp3) is 0.316. The van der Waals surface area contributed by atoms with Gasteiger partial charge in [-0.15, -0.1) is 12.4 Å². The van der Waals surface area contributed by atoms with Crippen LogP contribution in [0.3, 0.4) is 0 Å². The predicted octanol–water partition coefficient (Wildman–Crippen LogP) is 4.53. The molecular weight excluding hydrogens is 357 g/mol. The van der Waals surface area contributed by atoms with Crippen LogP contribution in [0, 0.1) is 5.41 Å². The highest BCUT2D eigenvalue weighted by Crippen LogP contribution is 2.20. The van der Waals surface area contributed by atoms with Gasteiger partial charge in [-0.2, -0.15) is 0 Å². The molecule has 0 spiro atoms. The van der Waals surface area contributed by atoms with Crippen molar-refractivity contribution in [1.29, 1.82) is 5.41 Å². The van der Waals surface area contributed by atoms with Crippen molar-refractivity contribution in [2.45, 2.75) is 39.0 Å². The van der Waals surface area contributed by atoms with E-state index in [0.29, 0.717) is 17.2 Å². The zero-order valence-corrected chi connectivity index (χ0v) is 15.7. The van der Waals surface area contributed by atoms with E-state index in [1.807, 2.05) is 45.5 Å². The van der Waals surface area contributed by atoms with Crippen LogP contribution in [0.1, 0.15) is 31.4 Å².